The largest absolute Gasteiger partial charge is 0.453 e. The summed E-state index contributed by atoms with van der Waals surface area (Å²) in [5.41, 5.74) is 6.82. The first-order chi connectivity index (χ1) is 13.4. The lowest BCUT2D eigenvalue weighted by Gasteiger charge is -2.13. The van der Waals surface area contributed by atoms with Crippen LogP contribution in [-0.2, 0) is 13.2 Å². The maximum absolute atomic E-state index is 14.9. The molecule has 0 aliphatic carbocycles. The summed E-state index contributed by atoms with van der Waals surface area (Å²) in [6.45, 7) is -0.383. The highest BCUT2D eigenvalue weighted by Crippen LogP contribution is 2.35. The monoisotopic (exact) mass is 424 g/mol. The molecule has 0 saturated heterocycles. The summed E-state index contributed by atoms with van der Waals surface area (Å²) in [6, 6.07) is 7.43. The van der Waals surface area contributed by atoms with E-state index in [-0.39, 0.29) is 46.1 Å². The van der Waals surface area contributed by atoms with Gasteiger partial charge < -0.3 is 25.9 Å². The van der Waals surface area contributed by atoms with E-state index >= 15 is 0 Å². The molecular formula is C18H15Cl2FN4O3. The number of halogens is 3. The number of benzene rings is 2. The molecule has 2 aromatic carbocycles. The lowest BCUT2D eigenvalue weighted by atomic mass is 10.1. The summed E-state index contributed by atoms with van der Waals surface area (Å²) in [5.74, 6) is -1.28. The molecule has 146 valence electrons. The molecule has 5 N–H and O–H groups in total. The van der Waals surface area contributed by atoms with Crippen molar-refractivity contribution >= 4 is 34.8 Å². The Labute approximate surface area is 169 Å². The van der Waals surface area contributed by atoms with E-state index in [0.29, 0.717) is 11.3 Å². The minimum atomic E-state index is -0.739. The van der Waals surface area contributed by atoms with Gasteiger partial charge in [0.25, 0.3) is 5.91 Å². The van der Waals surface area contributed by atoms with Crippen molar-refractivity contribution < 1.29 is 19.0 Å². The average Bonchev–Trinajstić information content (AvgIpc) is 3.09. The number of ether oxygens (including phenoxy) is 1. The van der Waals surface area contributed by atoms with Gasteiger partial charge >= 0.3 is 0 Å². The number of hydrogen-bond donors (Lipinski definition) is 4. The second kappa shape index (κ2) is 8.47. The van der Waals surface area contributed by atoms with Gasteiger partial charge in [-0.25, -0.2) is 9.37 Å². The molecular weight excluding hydrogens is 410 g/mol. The number of aromatic amines is 1. The normalized spacial score (nSPS) is 10.7. The second-order valence-electron chi connectivity index (χ2n) is 5.77. The zero-order chi connectivity index (χ0) is 20.3. The molecule has 7 nitrogen and oxygen atoms in total. The van der Waals surface area contributed by atoms with Crippen LogP contribution in [0.5, 0.6) is 11.5 Å². The molecule has 0 aliphatic heterocycles. The van der Waals surface area contributed by atoms with Crippen molar-refractivity contribution in [2.45, 2.75) is 13.2 Å². The van der Waals surface area contributed by atoms with Crippen LogP contribution in [0.4, 0.5) is 10.1 Å². The number of nitrogen functional groups attached to an aromatic ring is 1. The van der Waals surface area contributed by atoms with Gasteiger partial charge in [-0.3, -0.25) is 4.79 Å². The molecule has 0 spiro atoms. The Morgan fingerprint density at radius 3 is 2.79 bits per heavy atom. The Hall–Kier alpha value is -2.81. The van der Waals surface area contributed by atoms with Crippen molar-refractivity contribution in [1.29, 1.82) is 0 Å². The van der Waals surface area contributed by atoms with Crippen molar-refractivity contribution in [3.8, 4) is 11.5 Å². The van der Waals surface area contributed by atoms with Crippen LogP contribution < -0.4 is 15.8 Å². The molecule has 3 rings (SSSR count). The topological polar surface area (TPSA) is 113 Å². The van der Waals surface area contributed by atoms with Gasteiger partial charge in [0.2, 0.25) is 0 Å². The number of rotatable bonds is 6. The predicted octanol–water partition coefficient (Wildman–Crippen LogP) is 3.65. The maximum Gasteiger partial charge on any atom is 0.271 e. The lowest BCUT2D eigenvalue weighted by Crippen LogP contribution is -2.24. The first kappa shape index (κ1) is 19.9. The molecule has 3 aromatic rings. The first-order valence-corrected chi connectivity index (χ1v) is 8.76. The quantitative estimate of drug-likeness (QED) is 0.451. The highest BCUT2D eigenvalue weighted by Gasteiger charge is 2.18. The number of aliphatic hydroxyl groups is 1. The Balaban J connectivity index is 1.81. The first-order valence-electron chi connectivity index (χ1n) is 8.01. The molecule has 0 saturated carbocycles. The minimum Gasteiger partial charge on any atom is -0.453 e. The van der Waals surface area contributed by atoms with E-state index in [0.717, 1.165) is 0 Å². The van der Waals surface area contributed by atoms with Crippen LogP contribution >= 0.6 is 23.2 Å². The van der Waals surface area contributed by atoms with Crippen molar-refractivity contribution in [2.75, 3.05) is 5.73 Å². The molecule has 1 aromatic heterocycles. The van der Waals surface area contributed by atoms with Crippen molar-refractivity contribution in [2.24, 2.45) is 0 Å². The fourth-order valence-electron chi connectivity index (χ4n) is 2.46. The molecule has 0 fully saturated rings. The molecule has 0 radical (unpaired) electrons. The Morgan fingerprint density at radius 1 is 1.32 bits per heavy atom. The maximum atomic E-state index is 14.9. The van der Waals surface area contributed by atoms with Crippen LogP contribution in [0.15, 0.2) is 36.7 Å². The van der Waals surface area contributed by atoms with Crippen LogP contribution in [-0.4, -0.2) is 21.0 Å². The number of aromatic nitrogens is 2. The molecule has 0 unspecified atom stereocenters. The predicted molar refractivity (Wildman–Crippen MR) is 103 cm³/mol. The number of carbonyl (C=O) groups excluding carboxylic acids is 1. The third-order valence-electron chi connectivity index (χ3n) is 3.78. The number of nitrogens with one attached hydrogen (secondary N) is 2. The van der Waals surface area contributed by atoms with E-state index < -0.39 is 11.7 Å². The van der Waals surface area contributed by atoms with Crippen molar-refractivity contribution in [3.05, 3.63) is 69.5 Å². The SMILES string of the molecule is Nc1cc(CO)cc(Oc2c(Cl)ccc(CNC(=O)c3[nH]cnc3Cl)c2F)c1. The van der Waals surface area contributed by atoms with Gasteiger partial charge in [0.1, 0.15) is 11.4 Å². The van der Waals surface area contributed by atoms with Gasteiger partial charge in [-0.15, -0.1) is 0 Å². The van der Waals surface area contributed by atoms with Gasteiger partial charge in [0, 0.05) is 23.9 Å². The summed E-state index contributed by atoms with van der Waals surface area (Å²) in [6.07, 6.45) is 1.28. The molecule has 10 heteroatoms. The smallest absolute Gasteiger partial charge is 0.271 e. The van der Waals surface area contributed by atoms with Gasteiger partial charge in [-0.05, 0) is 23.8 Å². The number of hydrogen-bond acceptors (Lipinski definition) is 5. The highest BCUT2D eigenvalue weighted by molar-refractivity contribution is 6.32. The van der Waals surface area contributed by atoms with Gasteiger partial charge in [-0.2, -0.15) is 0 Å². The van der Waals surface area contributed by atoms with Crippen LogP contribution in [0.1, 0.15) is 21.6 Å². The van der Waals surface area contributed by atoms with Crippen LogP contribution in [0, 0.1) is 5.82 Å². The molecule has 1 amide bonds. The number of carbonyl (C=O) groups is 1. The Kier molecular flexibility index (Phi) is 6.03. The van der Waals surface area contributed by atoms with Crippen LogP contribution in [0.25, 0.3) is 0 Å². The number of H-pyrrole nitrogens is 1. The number of nitrogens with zero attached hydrogens (tertiary/aromatic N) is 1. The van der Waals surface area contributed by atoms with Crippen LogP contribution in [0.2, 0.25) is 10.2 Å². The number of aliphatic hydroxyl groups excluding tert-OH is 1. The van der Waals surface area contributed by atoms with Gasteiger partial charge in [0.15, 0.2) is 16.7 Å². The summed E-state index contributed by atoms with van der Waals surface area (Å²) < 4.78 is 20.4. The van der Waals surface area contributed by atoms with E-state index in [1.807, 2.05) is 0 Å². The third-order valence-corrected chi connectivity index (χ3v) is 4.36. The van der Waals surface area contributed by atoms with Crippen molar-refractivity contribution in [3.63, 3.8) is 0 Å². The van der Waals surface area contributed by atoms with E-state index in [4.69, 9.17) is 33.7 Å². The Bertz CT molecular complexity index is 1030. The van der Waals surface area contributed by atoms with Crippen LogP contribution in [0.3, 0.4) is 0 Å². The Morgan fingerprint density at radius 2 is 2.11 bits per heavy atom. The summed E-state index contributed by atoms with van der Waals surface area (Å²) in [4.78, 5) is 18.4. The number of anilines is 1. The lowest BCUT2D eigenvalue weighted by molar-refractivity contribution is 0.0946. The molecule has 0 atom stereocenters. The second-order valence-corrected chi connectivity index (χ2v) is 6.54. The molecule has 0 aliphatic rings. The van der Waals surface area contributed by atoms with E-state index in [1.165, 1.54) is 30.6 Å². The minimum absolute atomic E-state index is 0.0134. The summed E-state index contributed by atoms with van der Waals surface area (Å²) in [5, 5.41) is 11.8. The number of nitrogens with two attached hydrogens (primary N) is 1. The number of amides is 1. The highest BCUT2D eigenvalue weighted by atomic mass is 35.5. The molecule has 1 heterocycles. The fourth-order valence-corrected chi connectivity index (χ4v) is 2.83. The van der Waals surface area contributed by atoms with Crippen molar-refractivity contribution in [1.82, 2.24) is 15.3 Å². The van der Waals surface area contributed by atoms with Gasteiger partial charge in [0.05, 0.1) is 18.0 Å². The number of imidazole rings is 1. The zero-order valence-electron chi connectivity index (χ0n) is 14.3. The van der Waals surface area contributed by atoms with E-state index in [1.54, 1.807) is 6.07 Å². The molecule has 0 bridgehead atoms. The summed E-state index contributed by atoms with van der Waals surface area (Å²) >= 11 is 11.8. The van der Waals surface area contributed by atoms with Gasteiger partial charge in [-0.1, -0.05) is 29.3 Å². The molecule has 28 heavy (non-hydrogen) atoms. The fraction of sp³-hybridized carbons (Fsp3) is 0.111. The third kappa shape index (κ3) is 4.36. The zero-order valence-corrected chi connectivity index (χ0v) is 15.8. The standard InChI is InChI=1S/C18H15Cl2FN4O3/c19-13-2-1-10(6-23-18(27)15-17(20)25-8-24-15)14(21)16(13)28-12-4-9(7-26)3-11(22)5-12/h1-5,8,26H,6-7,22H2,(H,23,27)(H,24,25). The average molecular weight is 425 g/mol. The van der Waals surface area contributed by atoms with E-state index in [9.17, 15) is 14.3 Å². The summed E-state index contributed by atoms with van der Waals surface area (Å²) in [7, 11) is 0. The van der Waals surface area contributed by atoms with E-state index in [2.05, 4.69) is 15.3 Å².